The minimum absolute atomic E-state index is 0.619. The molecule has 0 aromatic carbocycles. The minimum Gasteiger partial charge on any atom is -0.264 e. The second-order valence-electron chi connectivity index (χ2n) is 2.36. The molecule has 2 heterocycles. The number of hydrogen-bond donors (Lipinski definition) is 0. The van der Waals surface area contributed by atoms with Gasteiger partial charge in [0.05, 0.1) is 17.1 Å². The molecule has 0 unspecified atom stereocenters. The molecule has 0 atom stereocenters. The lowest BCUT2D eigenvalue weighted by Gasteiger charge is -1.95. The van der Waals surface area contributed by atoms with Gasteiger partial charge in [0.25, 0.3) is 0 Å². The fourth-order valence-corrected chi connectivity index (χ4v) is 1.09. The molecule has 0 bridgehead atoms. The molecule has 0 radical (unpaired) electrons. The van der Waals surface area contributed by atoms with Crippen molar-refractivity contribution in [3.8, 4) is 6.07 Å². The Kier molecular flexibility index (Phi) is 1.45. The molecule has 0 N–H and O–H groups in total. The molecule has 0 fully saturated rings. The van der Waals surface area contributed by atoms with E-state index in [4.69, 9.17) is 5.26 Å². The highest BCUT2D eigenvalue weighted by molar-refractivity contribution is 5.83. The van der Waals surface area contributed by atoms with Gasteiger partial charge in [-0.05, 0) is 12.1 Å². The third-order valence-electron chi connectivity index (χ3n) is 1.66. The van der Waals surface area contributed by atoms with Gasteiger partial charge in [0, 0.05) is 24.0 Å². The topological polar surface area (TPSA) is 49.6 Å². The smallest absolute Gasteiger partial charge is 0.0999 e. The van der Waals surface area contributed by atoms with Crippen LogP contribution in [0.2, 0.25) is 0 Å². The lowest BCUT2D eigenvalue weighted by molar-refractivity contribution is 1.31. The van der Waals surface area contributed by atoms with Crippen LogP contribution in [-0.2, 0) is 0 Å². The molecular formula is C9H5N3. The summed E-state index contributed by atoms with van der Waals surface area (Å²) >= 11 is 0. The van der Waals surface area contributed by atoms with E-state index in [-0.39, 0.29) is 0 Å². The monoisotopic (exact) mass is 155 g/mol. The van der Waals surface area contributed by atoms with Crippen LogP contribution in [-0.4, -0.2) is 9.97 Å². The lowest BCUT2D eigenvalue weighted by Crippen LogP contribution is -1.83. The lowest BCUT2D eigenvalue weighted by atomic mass is 10.2. The Hall–Kier alpha value is -1.95. The first kappa shape index (κ1) is 6.74. The highest BCUT2D eigenvalue weighted by Gasteiger charge is 1.98. The molecule has 0 saturated carbocycles. The Balaban J connectivity index is 2.91. The Morgan fingerprint density at radius 2 is 2.17 bits per heavy atom. The molecule has 0 aliphatic rings. The largest absolute Gasteiger partial charge is 0.264 e. The fourth-order valence-electron chi connectivity index (χ4n) is 1.09. The summed E-state index contributed by atoms with van der Waals surface area (Å²) in [5, 5.41) is 9.54. The first-order valence-electron chi connectivity index (χ1n) is 3.50. The summed E-state index contributed by atoms with van der Waals surface area (Å²) in [4.78, 5) is 8.03. The molecule has 12 heavy (non-hydrogen) atoms. The van der Waals surface area contributed by atoms with Crippen LogP contribution in [0.1, 0.15) is 5.56 Å². The third-order valence-corrected chi connectivity index (χ3v) is 1.66. The summed E-state index contributed by atoms with van der Waals surface area (Å²) in [6, 6.07) is 5.56. The SMILES string of the molecule is N#Cc1ccnc2ccncc12. The van der Waals surface area contributed by atoms with Crippen molar-refractivity contribution in [2.75, 3.05) is 0 Å². The zero-order chi connectivity index (χ0) is 8.39. The van der Waals surface area contributed by atoms with Crippen LogP contribution in [0.3, 0.4) is 0 Å². The predicted molar refractivity (Wildman–Crippen MR) is 44.3 cm³/mol. The fraction of sp³-hybridized carbons (Fsp3) is 0. The van der Waals surface area contributed by atoms with Crippen molar-refractivity contribution in [2.24, 2.45) is 0 Å². The van der Waals surface area contributed by atoms with E-state index in [2.05, 4.69) is 16.0 Å². The number of aromatic nitrogens is 2. The van der Waals surface area contributed by atoms with E-state index in [1.165, 1.54) is 0 Å². The van der Waals surface area contributed by atoms with Gasteiger partial charge in [0.1, 0.15) is 0 Å². The summed E-state index contributed by atoms with van der Waals surface area (Å²) in [7, 11) is 0. The van der Waals surface area contributed by atoms with Crippen LogP contribution in [0.5, 0.6) is 0 Å². The van der Waals surface area contributed by atoms with E-state index < -0.39 is 0 Å². The van der Waals surface area contributed by atoms with Crippen molar-refractivity contribution >= 4 is 10.9 Å². The average molecular weight is 155 g/mol. The number of fused-ring (bicyclic) bond motifs is 1. The van der Waals surface area contributed by atoms with Gasteiger partial charge in [0.15, 0.2) is 0 Å². The van der Waals surface area contributed by atoms with Crippen molar-refractivity contribution in [2.45, 2.75) is 0 Å². The summed E-state index contributed by atoms with van der Waals surface area (Å²) in [5.74, 6) is 0. The Morgan fingerprint density at radius 1 is 1.25 bits per heavy atom. The number of rotatable bonds is 0. The second-order valence-corrected chi connectivity index (χ2v) is 2.36. The van der Waals surface area contributed by atoms with E-state index in [1.54, 1.807) is 30.7 Å². The van der Waals surface area contributed by atoms with Crippen molar-refractivity contribution in [3.63, 3.8) is 0 Å². The van der Waals surface area contributed by atoms with Crippen molar-refractivity contribution < 1.29 is 0 Å². The quantitative estimate of drug-likeness (QED) is 0.579. The van der Waals surface area contributed by atoms with Crippen LogP contribution in [0.4, 0.5) is 0 Å². The second kappa shape index (κ2) is 2.59. The molecule has 56 valence electrons. The van der Waals surface area contributed by atoms with E-state index in [0.717, 1.165) is 10.9 Å². The zero-order valence-corrected chi connectivity index (χ0v) is 6.23. The normalized spacial score (nSPS) is 9.58. The molecule has 0 saturated heterocycles. The van der Waals surface area contributed by atoms with E-state index in [0.29, 0.717) is 5.56 Å². The van der Waals surface area contributed by atoms with Crippen molar-refractivity contribution in [1.29, 1.82) is 5.26 Å². The van der Waals surface area contributed by atoms with Crippen LogP contribution in [0.25, 0.3) is 10.9 Å². The van der Waals surface area contributed by atoms with Gasteiger partial charge in [0.2, 0.25) is 0 Å². The van der Waals surface area contributed by atoms with Gasteiger partial charge in [-0.1, -0.05) is 0 Å². The zero-order valence-electron chi connectivity index (χ0n) is 6.23. The predicted octanol–water partition coefficient (Wildman–Crippen LogP) is 1.50. The van der Waals surface area contributed by atoms with Crippen LogP contribution in [0.15, 0.2) is 30.7 Å². The maximum Gasteiger partial charge on any atom is 0.0999 e. The van der Waals surface area contributed by atoms with E-state index >= 15 is 0 Å². The summed E-state index contributed by atoms with van der Waals surface area (Å²) in [5.41, 5.74) is 1.43. The molecule has 0 aliphatic carbocycles. The van der Waals surface area contributed by atoms with Crippen molar-refractivity contribution in [1.82, 2.24) is 9.97 Å². The van der Waals surface area contributed by atoms with Crippen LogP contribution >= 0.6 is 0 Å². The van der Waals surface area contributed by atoms with Gasteiger partial charge < -0.3 is 0 Å². The maximum atomic E-state index is 8.73. The Labute approximate surface area is 69.3 Å². The van der Waals surface area contributed by atoms with E-state index in [1.807, 2.05) is 0 Å². The van der Waals surface area contributed by atoms with Gasteiger partial charge in [-0.25, -0.2) is 0 Å². The molecule has 0 aliphatic heterocycles. The molecule has 2 aromatic rings. The number of nitriles is 1. The summed E-state index contributed by atoms with van der Waals surface area (Å²) < 4.78 is 0. The van der Waals surface area contributed by atoms with Crippen LogP contribution < -0.4 is 0 Å². The highest BCUT2D eigenvalue weighted by Crippen LogP contribution is 2.12. The van der Waals surface area contributed by atoms with E-state index in [9.17, 15) is 0 Å². The van der Waals surface area contributed by atoms with Gasteiger partial charge >= 0.3 is 0 Å². The number of hydrogen-bond acceptors (Lipinski definition) is 3. The van der Waals surface area contributed by atoms with Gasteiger partial charge in [-0.3, -0.25) is 9.97 Å². The first-order valence-corrected chi connectivity index (χ1v) is 3.50. The molecule has 3 heteroatoms. The molecule has 0 amide bonds. The standard InChI is InChI=1S/C9H5N3/c10-5-7-1-4-12-9-2-3-11-6-8(7)9/h1-4,6H. The van der Waals surface area contributed by atoms with Gasteiger partial charge in [-0.15, -0.1) is 0 Å². The average Bonchev–Trinajstić information content (AvgIpc) is 2.17. The first-order chi connectivity index (χ1) is 5.92. The molecule has 2 rings (SSSR count). The Morgan fingerprint density at radius 3 is 3.00 bits per heavy atom. The third kappa shape index (κ3) is 0.903. The minimum atomic E-state index is 0.619. The summed E-state index contributed by atoms with van der Waals surface area (Å²) in [6.45, 7) is 0. The Bertz CT molecular complexity index is 451. The van der Waals surface area contributed by atoms with Gasteiger partial charge in [-0.2, -0.15) is 5.26 Å². The number of nitrogens with zero attached hydrogens (tertiary/aromatic N) is 3. The maximum absolute atomic E-state index is 8.73. The highest BCUT2D eigenvalue weighted by atomic mass is 14.7. The molecule has 3 nitrogen and oxygen atoms in total. The number of pyridine rings is 2. The molecule has 0 spiro atoms. The molecular weight excluding hydrogens is 150 g/mol. The van der Waals surface area contributed by atoms with Crippen molar-refractivity contribution in [3.05, 3.63) is 36.3 Å². The molecule has 2 aromatic heterocycles. The summed E-state index contributed by atoms with van der Waals surface area (Å²) in [6.07, 6.45) is 4.94. The van der Waals surface area contributed by atoms with Crippen LogP contribution in [0, 0.1) is 11.3 Å².